The molecule has 0 spiro atoms. The average molecular weight is 393 g/mol. The minimum Gasteiger partial charge on any atom is -0.337 e. The van der Waals surface area contributed by atoms with E-state index in [1.807, 2.05) is 43.0 Å². The largest absolute Gasteiger partial charge is 0.337 e. The van der Waals surface area contributed by atoms with Crippen molar-refractivity contribution in [3.8, 4) is 0 Å². The highest BCUT2D eigenvalue weighted by Gasteiger charge is 2.22. The summed E-state index contributed by atoms with van der Waals surface area (Å²) in [4.78, 5) is 29.4. The molecule has 4 nitrogen and oxygen atoms in total. The third-order valence-corrected chi connectivity index (χ3v) is 6.01. The van der Waals surface area contributed by atoms with E-state index in [4.69, 9.17) is 0 Å². The predicted octanol–water partition coefficient (Wildman–Crippen LogP) is 4.47. The van der Waals surface area contributed by atoms with Crippen LogP contribution in [0.25, 0.3) is 0 Å². The quantitative estimate of drug-likeness (QED) is 0.721. The number of carbonyl (C=O) groups is 2. The third kappa shape index (κ3) is 4.76. The van der Waals surface area contributed by atoms with Gasteiger partial charge in [-0.1, -0.05) is 23.8 Å². The fraction of sp³-hybridized carbons (Fsp3) is 0.440. The van der Waals surface area contributed by atoms with E-state index in [9.17, 15) is 9.59 Å². The van der Waals surface area contributed by atoms with E-state index in [2.05, 4.69) is 24.8 Å². The van der Waals surface area contributed by atoms with Crippen molar-refractivity contribution >= 4 is 11.7 Å². The van der Waals surface area contributed by atoms with Crippen molar-refractivity contribution < 1.29 is 9.59 Å². The Hall–Kier alpha value is -2.46. The van der Waals surface area contributed by atoms with Gasteiger partial charge in [-0.15, -0.1) is 0 Å². The number of ketones is 1. The first kappa shape index (κ1) is 21.3. The maximum atomic E-state index is 12.9. The van der Waals surface area contributed by atoms with Gasteiger partial charge in [0.05, 0.1) is 0 Å². The van der Waals surface area contributed by atoms with Gasteiger partial charge in [0.2, 0.25) is 0 Å². The molecule has 1 aliphatic heterocycles. The second-order valence-electron chi connectivity index (χ2n) is 8.34. The van der Waals surface area contributed by atoms with Crippen molar-refractivity contribution in [3.63, 3.8) is 0 Å². The molecule has 2 aromatic rings. The minimum absolute atomic E-state index is 0.122. The molecule has 0 radical (unpaired) electrons. The van der Waals surface area contributed by atoms with Gasteiger partial charge in [-0.25, -0.2) is 0 Å². The fourth-order valence-electron chi connectivity index (χ4n) is 4.53. The number of Topliss-reactive ketones (excluding diaryl/α,β-unsaturated/α-hetero) is 1. The Labute approximate surface area is 174 Å². The van der Waals surface area contributed by atoms with E-state index in [1.165, 1.54) is 11.1 Å². The van der Waals surface area contributed by atoms with E-state index >= 15 is 0 Å². The first-order valence-electron chi connectivity index (χ1n) is 10.5. The molecular weight excluding hydrogens is 360 g/mol. The van der Waals surface area contributed by atoms with Crippen molar-refractivity contribution in [2.24, 2.45) is 0 Å². The SMILES string of the molecule is CC(=O)c1c(C)cc(C)c(CN2CCCN(C(=O)c3cccc(C)c3)CC2)c1C. The number of hydrogen-bond acceptors (Lipinski definition) is 3. The summed E-state index contributed by atoms with van der Waals surface area (Å²) in [7, 11) is 0. The highest BCUT2D eigenvalue weighted by Crippen LogP contribution is 2.25. The van der Waals surface area contributed by atoms with Crippen LogP contribution >= 0.6 is 0 Å². The van der Waals surface area contributed by atoms with Gasteiger partial charge in [-0.3, -0.25) is 14.5 Å². The molecule has 1 saturated heterocycles. The van der Waals surface area contributed by atoms with Crippen LogP contribution in [0.15, 0.2) is 30.3 Å². The molecule has 0 N–H and O–H groups in total. The van der Waals surface area contributed by atoms with Crippen LogP contribution in [0.3, 0.4) is 0 Å². The second kappa shape index (κ2) is 8.91. The lowest BCUT2D eigenvalue weighted by Gasteiger charge is -2.24. The molecule has 1 aliphatic rings. The minimum atomic E-state index is 0.122. The number of rotatable bonds is 4. The van der Waals surface area contributed by atoms with Crippen molar-refractivity contribution in [2.45, 2.75) is 47.6 Å². The Morgan fingerprint density at radius 3 is 2.38 bits per heavy atom. The normalized spacial score (nSPS) is 15.3. The Morgan fingerprint density at radius 2 is 1.69 bits per heavy atom. The van der Waals surface area contributed by atoms with E-state index in [-0.39, 0.29) is 11.7 Å². The van der Waals surface area contributed by atoms with E-state index in [0.717, 1.165) is 67.0 Å². The summed E-state index contributed by atoms with van der Waals surface area (Å²) in [6.07, 6.45) is 0.959. The highest BCUT2D eigenvalue weighted by molar-refractivity contribution is 5.97. The number of hydrogen-bond donors (Lipinski definition) is 0. The summed E-state index contributed by atoms with van der Waals surface area (Å²) in [5.41, 5.74) is 7.39. The van der Waals surface area contributed by atoms with Gasteiger partial charge >= 0.3 is 0 Å². The molecule has 154 valence electrons. The molecule has 2 aromatic carbocycles. The summed E-state index contributed by atoms with van der Waals surface area (Å²) < 4.78 is 0. The van der Waals surface area contributed by atoms with Crippen LogP contribution in [0.4, 0.5) is 0 Å². The molecule has 0 aliphatic carbocycles. The molecular formula is C25H32N2O2. The molecule has 0 bridgehead atoms. The van der Waals surface area contributed by atoms with Gasteiger partial charge in [0.1, 0.15) is 0 Å². The molecule has 0 aromatic heterocycles. The molecule has 1 fully saturated rings. The van der Waals surface area contributed by atoms with Crippen LogP contribution in [0.2, 0.25) is 0 Å². The molecule has 0 saturated carbocycles. The van der Waals surface area contributed by atoms with Crippen molar-refractivity contribution in [2.75, 3.05) is 26.2 Å². The summed E-state index contributed by atoms with van der Waals surface area (Å²) >= 11 is 0. The Morgan fingerprint density at radius 1 is 0.931 bits per heavy atom. The molecule has 0 unspecified atom stereocenters. The standard InChI is InChI=1S/C25H32N2O2/c1-17-8-6-9-22(14-17)25(29)27-11-7-10-26(12-13-27)16-23-18(2)15-19(3)24(20(23)4)21(5)28/h6,8-9,14-15H,7,10-13,16H2,1-5H3. The highest BCUT2D eigenvalue weighted by atomic mass is 16.2. The summed E-state index contributed by atoms with van der Waals surface area (Å²) in [6.45, 7) is 14.0. The zero-order chi connectivity index (χ0) is 21.1. The first-order chi connectivity index (χ1) is 13.8. The molecule has 0 atom stereocenters. The molecule has 1 heterocycles. The molecule has 3 rings (SSSR count). The van der Waals surface area contributed by atoms with Gasteiger partial charge in [-0.2, -0.15) is 0 Å². The Bertz CT molecular complexity index is 933. The zero-order valence-electron chi connectivity index (χ0n) is 18.3. The number of amides is 1. The molecule has 1 amide bonds. The fourth-order valence-corrected chi connectivity index (χ4v) is 4.53. The van der Waals surface area contributed by atoms with Gasteiger partial charge < -0.3 is 4.90 Å². The lowest BCUT2D eigenvalue weighted by atomic mass is 9.91. The van der Waals surface area contributed by atoms with Gasteiger partial charge in [0, 0.05) is 43.9 Å². The summed E-state index contributed by atoms with van der Waals surface area (Å²) in [5, 5.41) is 0. The zero-order valence-corrected chi connectivity index (χ0v) is 18.3. The number of nitrogens with zero attached hydrogens (tertiary/aromatic N) is 2. The maximum absolute atomic E-state index is 12.9. The summed E-state index contributed by atoms with van der Waals surface area (Å²) in [5.74, 6) is 0.254. The van der Waals surface area contributed by atoms with Crippen molar-refractivity contribution in [1.29, 1.82) is 0 Å². The van der Waals surface area contributed by atoms with Crippen LogP contribution in [-0.2, 0) is 6.54 Å². The smallest absolute Gasteiger partial charge is 0.253 e. The van der Waals surface area contributed by atoms with Crippen LogP contribution in [0, 0.1) is 27.7 Å². The van der Waals surface area contributed by atoms with E-state index in [0.29, 0.717) is 0 Å². The number of aryl methyl sites for hydroxylation is 3. The topological polar surface area (TPSA) is 40.6 Å². The van der Waals surface area contributed by atoms with Crippen LogP contribution in [0.1, 0.15) is 61.9 Å². The lowest BCUT2D eigenvalue weighted by molar-refractivity contribution is 0.0760. The molecule has 29 heavy (non-hydrogen) atoms. The van der Waals surface area contributed by atoms with Gasteiger partial charge in [0.15, 0.2) is 5.78 Å². The second-order valence-corrected chi connectivity index (χ2v) is 8.34. The van der Waals surface area contributed by atoms with Crippen LogP contribution in [-0.4, -0.2) is 47.7 Å². The summed E-state index contributed by atoms with van der Waals surface area (Å²) in [6, 6.07) is 9.96. The predicted molar refractivity (Wildman–Crippen MR) is 118 cm³/mol. The van der Waals surface area contributed by atoms with Crippen LogP contribution in [0.5, 0.6) is 0 Å². The first-order valence-corrected chi connectivity index (χ1v) is 10.5. The Balaban J connectivity index is 1.73. The van der Waals surface area contributed by atoms with E-state index < -0.39 is 0 Å². The monoisotopic (exact) mass is 392 g/mol. The molecule has 4 heteroatoms. The van der Waals surface area contributed by atoms with Gasteiger partial charge in [0.25, 0.3) is 5.91 Å². The maximum Gasteiger partial charge on any atom is 0.253 e. The average Bonchev–Trinajstić information content (AvgIpc) is 2.89. The third-order valence-electron chi connectivity index (χ3n) is 6.01. The lowest BCUT2D eigenvalue weighted by Crippen LogP contribution is -2.35. The number of carbonyl (C=O) groups excluding carboxylic acids is 2. The van der Waals surface area contributed by atoms with Gasteiger partial charge in [-0.05, 0) is 75.4 Å². The van der Waals surface area contributed by atoms with Crippen molar-refractivity contribution in [1.82, 2.24) is 9.80 Å². The van der Waals surface area contributed by atoms with Crippen LogP contribution < -0.4 is 0 Å². The van der Waals surface area contributed by atoms with Crippen molar-refractivity contribution in [3.05, 3.63) is 69.3 Å². The number of benzene rings is 2. The Kier molecular flexibility index (Phi) is 6.53. The van der Waals surface area contributed by atoms with E-state index in [1.54, 1.807) is 6.92 Å².